The van der Waals surface area contributed by atoms with Gasteiger partial charge in [0.1, 0.15) is 0 Å². The molecule has 0 bridgehead atoms. The van der Waals surface area contributed by atoms with E-state index in [2.05, 4.69) is 5.32 Å². The highest BCUT2D eigenvalue weighted by atomic mass is 16.2. The Morgan fingerprint density at radius 2 is 1.81 bits per heavy atom. The molecule has 0 aromatic heterocycles. The van der Waals surface area contributed by atoms with Crippen LogP contribution in [0.5, 0.6) is 0 Å². The van der Waals surface area contributed by atoms with Crippen LogP contribution in [0.4, 0.5) is 0 Å². The maximum absolute atomic E-state index is 11.8. The zero-order chi connectivity index (χ0) is 12.2. The van der Waals surface area contributed by atoms with Crippen molar-refractivity contribution < 1.29 is 4.79 Å². The first-order valence-electron chi connectivity index (χ1n) is 6.38. The van der Waals surface area contributed by atoms with Gasteiger partial charge in [-0.2, -0.15) is 0 Å². The molecule has 0 saturated heterocycles. The molecule has 1 aliphatic carbocycles. The number of carbonyl (C=O) groups excluding carboxylic acids is 1. The zero-order valence-corrected chi connectivity index (χ0v) is 10.9. The maximum atomic E-state index is 11.8. The molecule has 0 aliphatic heterocycles. The fourth-order valence-corrected chi connectivity index (χ4v) is 2.29. The van der Waals surface area contributed by atoms with Gasteiger partial charge in [-0.1, -0.05) is 40.0 Å². The van der Waals surface area contributed by atoms with Crippen LogP contribution in [0, 0.1) is 10.8 Å². The minimum Gasteiger partial charge on any atom is -0.355 e. The molecule has 1 fully saturated rings. The van der Waals surface area contributed by atoms with Crippen molar-refractivity contribution in [1.29, 1.82) is 0 Å². The summed E-state index contributed by atoms with van der Waals surface area (Å²) in [6.07, 6.45) is 6.14. The molecule has 0 spiro atoms. The van der Waals surface area contributed by atoms with Crippen molar-refractivity contribution in [2.45, 2.75) is 52.9 Å². The average Bonchev–Trinajstić information content (AvgIpc) is 2.26. The minimum atomic E-state index is -0.301. The fourth-order valence-electron chi connectivity index (χ4n) is 2.29. The normalized spacial score (nSPS) is 20.5. The van der Waals surface area contributed by atoms with Crippen LogP contribution < -0.4 is 11.1 Å². The van der Waals surface area contributed by atoms with Crippen LogP contribution in [0.1, 0.15) is 52.9 Å². The number of hydrogen-bond acceptors (Lipinski definition) is 2. The molecule has 0 heterocycles. The number of carbonyl (C=O) groups is 1. The molecule has 3 nitrogen and oxygen atoms in total. The van der Waals surface area contributed by atoms with E-state index in [0.29, 0.717) is 6.54 Å². The first-order chi connectivity index (χ1) is 7.40. The second kappa shape index (κ2) is 5.17. The highest BCUT2D eigenvalue weighted by Crippen LogP contribution is 2.34. The van der Waals surface area contributed by atoms with E-state index >= 15 is 0 Å². The van der Waals surface area contributed by atoms with E-state index in [0.717, 1.165) is 19.4 Å². The van der Waals surface area contributed by atoms with Gasteiger partial charge in [0.05, 0.1) is 0 Å². The molecule has 94 valence electrons. The minimum absolute atomic E-state index is 0.130. The Bertz CT molecular complexity index is 237. The lowest BCUT2D eigenvalue weighted by molar-refractivity contribution is -0.129. The van der Waals surface area contributed by atoms with Crippen molar-refractivity contribution in [3.63, 3.8) is 0 Å². The molecule has 1 aliphatic rings. The number of rotatable bonds is 3. The topological polar surface area (TPSA) is 55.1 Å². The number of hydrogen-bond donors (Lipinski definition) is 2. The van der Waals surface area contributed by atoms with Gasteiger partial charge in [0, 0.05) is 12.0 Å². The summed E-state index contributed by atoms with van der Waals surface area (Å²) >= 11 is 0. The Morgan fingerprint density at radius 3 is 2.25 bits per heavy atom. The monoisotopic (exact) mass is 226 g/mol. The van der Waals surface area contributed by atoms with Crippen molar-refractivity contribution in [3.8, 4) is 0 Å². The van der Waals surface area contributed by atoms with Crippen LogP contribution in [-0.4, -0.2) is 19.0 Å². The molecule has 0 aromatic carbocycles. The van der Waals surface area contributed by atoms with E-state index in [1.54, 1.807) is 0 Å². The standard InChI is InChI=1S/C13H26N2O/c1-12(2,3)11(16)15-10-13(9-14)7-5-4-6-8-13/h4-10,14H2,1-3H3,(H,15,16). The summed E-state index contributed by atoms with van der Waals surface area (Å²) in [5.41, 5.74) is 5.75. The lowest BCUT2D eigenvalue weighted by Gasteiger charge is -2.37. The molecule has 1 saturated carbocycles. The third kappa shape index (κ3) is 3.48. The summed E-state index contributed by atoms with van der Waals surface area (Å²) in [6, 6.07) is 0. The second-order valence-corrected chi connectivity index (χ2v) is 6.20. The quantitative estimate of drug-likeness (QED) is 0.774. The Labute approximate surface area is 99.2 Å². The van der Waals surface area contributed by atoms with Gasteiger partial charge in [0.15, 0.2) is 0 Å². The summed E-state index contributed by atoms with van der Waals surface area (Å²) in [5, 5.41) is 3.07. The molecule has 3 N–H and O–H groups in total. The van der Waals surface area contributed by atoms with Crippen LogP contribution >= 0.6 is 0 Å². The molecule has 1 amide bonds. The Morgan fingerprint density at radius 1 is 1.25 bits per heavy atom. The van der Waals surface area contributed by atoms with Gasteiger partial charge in [-0.05, 0) is 24.8 Å². The first kappa shape index (κ1) is 13.5. The molecule has 3 heteroatoms. The van der Waals surface area contributed by atoms with Crippen molar-refractivity contribution in [2.24, 2.45) is 16.6 Å². The van der Waals surface area contributed by atoms with Gasteiger partial charge in [0.2, 0.25) is 5.91 Å². The van der Waals surface area contributed by atoms with Gasteiger partial charge in [-0.3, -0.25) is 4.79 Å². The van der Waals surface area contributed by atoms with Crippen LogP contribution in [0.2, 0.25) is 0 Å². The number of nitrogens with one attached hydrogen (secondary N) is 1. The summed E-state index contributed by atoms with van der Waals surface area (Å²) in [5.74, 6) is 0.130. The molecule has 0 unspecified atom stereocenters. The van der Waals surface area contributed by atoms with Crippen molar-refractivity contribution >= 4 is 5.91 Å². The largest absolute Gasteiger partial charge is 0.355 e. The molecule has 0 radical (unpaired) electrons. The SMILES string of the molecule is CC(C)(C)C(=O)NCC1(CN)CCCCC1. The highest BCUT2D eigenvalue weighted by molar-refractivity contribution is 5.81. The third-order valence-electron chi connectivity index (χ3n) is 3.65. The van der Waals surface area contributed by atoms with Crippen LogP contribution in [0.3, 0.4) is 0 Å². The van der Waals surface area contributed by atoms with E-state index < -0.39 is 0 Å². The molecule has 0 atom stereocenters. The fraction of sp³-hybridized carbons (Fsp3) is 0.923. The average molecular weight is 226 g/mol. The predicted molar refractivity (Wildman–Crippen MR) is 67.0 cm³/mol. The van der Waals surface area contributed by atoms with Gasteiger partial charge < -0.3 is 11.1 Å². The molecular formula is C13H26N2O. The summed E-state index contributed by atoms with van der Waals surface area (Å²) in [7, 11) is 0. The van der Waals surface area contributed by atoms with E-state index in [9.17, 15) is 4.79 Å². The lowest BCUT2D eigenvalue weighted by Crippen LogP contribution is -2.46. The summed E-state index contributed by atoms with van der Waals surface area (Å²) < 4.78 is 0. The molecule has 0 aromatic rings. The third-order valence-corrected chi connectivity index (χ3v) is 3.65. The van der Waals surface area contributed by atoms with Crippen molar-refractivity contribution in [3.05, 3.63) is 0 Å². The Kier molecular flexibility index (Phi) is 4.36. The van der Waals surface area contributed by atoms with Crippen LogP contribution in [0.15, 0.2) is 0 Å². The Hall–Kier alpha value is -0.570. The zero-order valence-electron chi connectivity index (χ0n) is 10.9. The smallest absolute Gasteiger partial charge is 0.225 e. The van der Waals surface area contributed by atoms with E-state index in [1.165, 1.54) is 19.3 Å². The van der Waals surface area contributed by atoms with Gasteiger partial charge in [-0.25, -0.2) is 0 Å². The van der Waals surface area contributed by atoms with E-state index in [1.807, 2.05) is 20.8 Å². The summed E-state index contributed by atoms with van der Waals surface area (Å²) in [6.45, 7) is 7.27. The first-order valence-corrected chi connectivity index (χ1v) is 6.38. The van der Waals surface area contributed by atoms with Crippen molar-refractivity contribution in [2.75, 3.05) is 13.1 Å². The van der Waals surface area contributed by atoms with E-state index in [4.69, 9.17) is 5.73 Å². The number of nitrogens with two attached hydrogens (primary N) is 1. The van der Waals surface area contributed by atoms with Crippen molar-refractivity contribution in [1.82, 2.24) is 5.32 Å². The van der Waals surface area contributed by atoms with Gasteiger partial charge in [-0.15, -0.1) is 0 Å². The number of amides is 1. The molecule has 1 rings (SSSR count). The molecular weight excluding hydrogens is 200 g/mol. The van der Waals surface area contributed by atoms with Gasteiger partial charge >= 0.3 is 0 Å². The second-order valence-electron chi connectivity index (χ2n) is 6.20. The predicted octanol–water partition coefficient (Wildman–Crippen LogP) is 2.06. The molecule has 16 heavy (non-hydrogen) atoms. The maximum Gasteiger partial charge on any atom is 0.225 e. The van der Waals surface area contributed by atoms with Crippen LogP contribution in [-0.2, 0) is 4.79 Å². The lowest BCUT2D eigenvalue weighted by atomic mass is 9.74. The Balaban J connectivity index is 2.48. The van der Waals surface area contributed by atoms with Gasteiger partial charge in [0.25, 0.3) is 0 Å². The summed E-state index contributed by atoms with van der Waals surface area (Å²) in [4.78, 5) is 11.8. The highest BCUT2D eigenvalue weighted by Gasteiger charge is 2.32. The van der Waals surface area contributed by atoms with Crippen LogP contribution in [0.25, 0.3) is 0 Å². The van der Waals surface area contributed by atoms with E-state index in [-0.39, 0.29) is 16.7 Å².